The predicted octanol–water partition coefficient (Wildman–Crippen LogP) is 0.753. The van der Waals surface area contributed by atoms with Gasteiger partial charge in [-0.05, 0) is 18.2 Å². The van der Waals surface area contributed by atoms with Crippen molar-refractivity contribution in [1.82, 2.24) is 10.6 Å². The molecule has 1 amide bonds. The van der Waals surface area contributed by atoms with Crippen LogP contribution in [0.4, 0.5) is 8.78 Å². The fraction of sp³-hybridized carbons (Fsp3) is 0.462. The zero-order valence-corrected chi connectivity index (χ0v) is 11.6. The molecule has 1 aromatic carbocycles. The van der Waals surface area contributed by atoms with Gasteiger partial charge in [-0.3, -0.25) is 4.79 Å². The number of aliphatic hydroxyl groups excluding tert-OH is 1. The SMILES string of the molecule is O=C(CSc1ccc(F)c(F)c1)NCC1CNCC1O. The molecule has 1 aromatic rings. The monoisotopic (exact) mass is 302 g/mol. The molecule has 0 spiro atoms. The summed E-state index contributed by atoms with van der Waals surface area (Å²) in [5, 5.41) is 15.3. The van der Waals surface area contributed by atoms with E-state index in [1.165, 1.54) is 6.07 Å². The van der Waals surface area contributed by atoms with Crippen molar-refractivity contribution in [1.29, 1.82) is 0 Å². The van der Waals surface area contributed by atoms with Gasteiger partial charge in [0.05, 0.1) is 11.9 Å². The zero-order valence-electron chi connectivity index (χ0n) is 10.7. The molecule has 3 N–H and O–H groups in total. The van der Waals surface area contributed by atoms with E-state index < -0.39 is 17.7 Å². The number of carbonyl (C=O) groups excluding carboxylic acids is 1. The number of halogens is 2. The van der Waals surface area contributed by atoms with Crippen LogP contribution in [0.15, 0.2) is 23.1 Å². The second-order valence-electron chi connectivity index (χ2n) is 4.65. The van der Waals surface area contributed by atoms with Gasteiger partial charge in [-0.25, -0.2) is 8.78 Å². The van der Waals surface area contributed by atoms with Crippen molar-refractivity contribution in [2.45, 2.75) is 11.0 Å². The first-order valence-electron chi connectivity index (χ1n) is 6.29. The van der Waals surface area contributed by atoms with Crippen LogP contribution in [-0.2, 0) is 4.79 Å². The number of amides is 1. The summed E-state index contributed by atoms with van der Waals surface area (Å²) >= 11 is 1.14. The van der Waals surface area contributed by atoms with Crippen LogP contribution in [0.3, 0.4) is 0 Å². The summed E-state index contributed by atoms with van der Waals surface area (Å²) in [5.74, 6) is -1.87. The highest BCUT2D eigenvalue weighted by molar-refractivity contribution is 8.00. The van der Waals surface area contributed by atoms with E-state index in [1.54, 1.807) is 0 Å². The van der Waals surface area contributed by atoms with Gasteiger partial charge in [0, 0.05) is 30.4 Å². The molecule has 0 aromatic heterocycles. The Hall–Kier alpha value is -1.18. The maximum Gasteiger partial charge on any atom is 0.230 e. The van der Waals surface area contributed by atoms with E-state index in [9.17, 15) is 18.7 Å². The molecule has 110 valence electrons. The minimum Gasteiger partial charge on any atom is -0.391 e. The molecule has 1 aliphatic heterocycles. The highest BCUT2D eigenvalue weighted by Crippen LogP contribution is 2.20. The summed E-state index contributed by atoms with van der Waals surface area (Å²) in [5.41, 5.74) is 0. The van der Waals surface area contributed by atoms with Crippen molar-refractivity contribution in [2.75, 3.05) is 25.4 Å². The van der Waals surface area contributed by atoms with E-state index in [2.05, 4.69) is 10.6 Å². The number of carbonyl (C=O) groups is 1. The summed E-state index contributed by atoms with van der Waals surface area (Å²) < 4.78 is 25.7. The molecule has 20 heavy (non-hydrogen) atoms. The van der Waals surface area contributed by atoms with Gasteiger partial charge in [0.25, 0.3) is 0 Å². The highest BCUT2D eigenvalue weighted by atomic mass is 32.2. The standard InChI is InChI=1S/C13H16F2N2O2S/c14-10-2-1-9(3-11(10)15)20-7-13(19)17-5-8-4-16-6-12(8)18/h1-3,8,12,16,18H,4-7H2,(H,17,19). The van der Waals surface area contributed by atoms with Gasteiger partial charge in [-0.2, -0.15) is 0 Å². The number of benzene rings is 1. The number of β-amino-alcohol motifs (C(OH)–C–C–N with tert-alkyl or cyclic N) is 1. The molecular weight excluding hydrogens is 286 g/mol. The Balaban J connectivity index is 1.73. The maximum atomic E-state index is 13.0. The lowest BCUT2D eigenvalue weighted by Crippen LogP contribution is -2.35. The lowest BCUT2D eigenvalue weighted by molar-refractivity contribution is -0.118. The van der Waals surface area contributed by atoms with Crippen LogP contribution in [-0.4, -0.2) is 42.5 Å². The van der Waals surface area contributed by atoms with E-state index in [0.717, 1.165) is 23.9 Å². The Morgan fingerprint density at radius 3 is 2.85 bits per heavy atom. The number of hydrogen-bond donors (Lipinski definition) is 3. The van der Waals surface area contributed by atoms with Crippen LogP contribution in [0, 0.1) is 17.6 Å². The molecule has 0 bridgehead atoms. The van der Waals surface area contributed by atoms with E-state index >= 15 is 0 Å². The van der Waals surface area contributed by atoms with Crippen molar-refractivity contribution in [3.8, 4) is 0 Å². The molecule has 0 saturated carbocycles. The number of aliphatic hydroxyl groups is 1. The summed E-state index contributed by atoms with van der Waals surface area (Å²) in [4.78, 5) is 12.1. The molecular formula is C13H16F2N2O2S. The van der Waals surface area contributed by atoms with Crippen LogP contribution in [0.5, 0.6) is 0 Å². The molecule has 2 rings (SSSR count). The molecule has 2 atom stereocenters. The van der Waals surface area contributed by atoms with Gasteiger partial charge in [0.1, 0.15) is 0 Å². The summed E-state index contributed by atoms with van der Waals surface area (Å²) in [6, 6.07) is 3.54. The third-order valence-corrected chi connectivity index (χ3v) is 4.12. The first kappa shape index (κ1) is 15.2. The largest absolute Gasteiger partial charge is 0.391 e. The Labute approximate surface area is 119 Å². The summed E-state index contributed by atoms with van der Waals surface area (Å²) in [6.07, 6.45) is -0.436. The molecule has 2 unspecified atom stereocenters. The normalized spacial score (nSPS) is 21.9. The fourth-order valence-electron chi connectivity index (χ4n) is 1.94. The quantitative estimate of drug-likeness (QED) is 0.703. The van der Waals surface area contributed by atoms with E-state index in [-0.39, 0.29) is 17.6 Å². The third kappa shape index (κ3) is 4.16. The number of hydrogen-bond acceptors (Lipinski definition) is 4. The number of thioether (sulfide) groups is 1. The van der Waals surface area contributed by atoms with Crippen molar-refractivity contribution < 1.29 is 18.7 Å². The molecule has 1 heterocycles. The van der Waals surface area contributed by atoms with Crippen LogP contribution in [0.25, 0.3) is 0 Å². The third-order valence-electron chi connectivity index (χ3n) is 3.13. The minimum absolute atomic E-state index is 0.0206. The predicted molar refractivity (Wildman–Crippen MR) is 72.5 cm³/mol. The Morgan fingerprint density at radius 1 is 1.40 bits per heavy atom. The number of rotatable bonds is 5. The molecule has 1 saturated heterocycles. The second kappa shape index (κ2) is 7.01. The van der Waals surface area contributed by atoms with Gasteiger partial charge in [-0.1, -0.05) is 0 Å². The summed E-state index contributed by atoms with van der Waals surface area (Å²) in [7, 11) is 0. The first-order chi connectivity index (χ1) is 9.56. The highest BCUT2D eigenvalue weighted by Gasteiger charge is 2.24. The lowest BCUT2D eigenvalue weighted by Gasteiger charge is -2.13. The zero-order chi connectivity index (χ0) is 14.5. The van der Waals surface area contributed by atoms with E-state index in [4.69, 9.17) is 0 Å². The second-order valence-corrected chi connectivity index (χ2v) is 5.70. The first-order valence-corrected chi connectivity index (χ1v) is 7.28. The lowest BCUT2D eigenvalue weighted by atomic mass is 10.1. The molecule has 1 aliphatic rings. The Bertz CT molecular complexity index is 487. The van der Waals surface area contributed by atoms with Crippen molar-refractivity contribution in [3.05, 3.63) is 29.8 Å². The van der Waals surface area contributed by atoms with Gasteiger partial charge < -0.3 is 15.7 Å². The summed E-state index contributed by atoms with van der Waals surface area (Å²) in [6.45, 7) is 1.63. The molecule has 0 aliphatic carbocycles. The number of nitrogens with one attached hydrogen (secondary N) is 2. The van der Waals surface area contributed by atoms with Crippen LogP contribution >= 0.6 is 11.8 Å². The fourth-order valence-corrected chi connectivity index (χ4v) is 2.69. The van der Waals surface area contributed by atoms with Crippen LogP contribution in [0.1, 0.15) is 0 Å². The molecule has 7 heteroatoms. The van der Waals surface area contributed by atoms with Gasteiger partial charge in [0.15, 0.2) is 11.6 Å². The maximum absolute atomic E-state index is 13.0. The molecule has 1 fully saturated rings. The van der Waals surface area contributed by atoms with Crippen molar-refractivity contribution in [3.63, 3.8) is 0 Å². The van der Waals surface area contributed by atoms with E-state index in [0.29, 0.717) is 24.5 Å². The van der Waals surface area contributed by atoms with Crippen molar-refractivity contribution >= 4 is 17.7 Å². The van der Waals surface area contributed by atoms with Gasteiger partial charge in [0.2, 0.25) is 5.91 Å². The topological polar surface area (TPSA) is 61.4 Å². The minimum atomic E-state index is -0.921. The average molecular weight is 302 g/mol. The Morgan fingerprint density at radius 2 is 2.20 bits per heavy atom. The average Bonchev–Trinajstić information content (AvgIpc) is 2.83. The Kier molecular flexibility index (Phi) is 5.33. The molecule has 0 radical (unpaired) electrons. The van der Waals surface area contributed by atoms with Crippen LogP contribution < -0.4 is 10.6 Å². The molecule has 4 nitrogen and oxygen atoms in total. The smallest absolute Gasteiger partial charge is 0.230 e. The van der Waals surface area contributed by atoms with E-state index in [1.807, 2.05) is 0 Å². The van der Waals surface area contributed by atoms with Crippen LogP contribution in [0.2, 0.25) is 0 Å². The van der Waals surface area contributed by atoms with Gasteiger partial charge >= 0.3 is 0 Å². The van der Waals surface area contributed by atoms with Crippen molar-refractivity contribution in [2.24, 2.45) is 5.92 Å². The van der Waals surface area contributed by atoms with Gasteiger partial charge in [-0.15, -0.1) is 11.8 Å².